The van der Waals surface area contributed by atoms with Crippen LogP contribution in [0.5, 0.6) is 0 Å². The van der Waals surface area contributed by atoms with Crippen molar-refractivity contribution in [1.29, 1.82) is 0 Å². The fourth-order valence-corrected chi connectivity index (χ4v) is 3.19. The Labute approximate surface area is 108 Å². The molecule has 1 saturated carbocycles. The summed E-state index contributed by atoms with van der Waals surface area (Å²) in [5, 5.41) is 8.46. The van der Waals surface area contributed by atoms with Crippen molar-refractivity contribution in [2.75, 3.05) is 19.4 Å². The van der Waals surface area contributed by atoms with Gasteiger partial charge in [0, 0.05) is 31.2 Å². The number of aromatic nitrogens is 2. The standard InChI is InChI=1S/C12H22N4S/c1-9-5-4-6-10(7-9)16(3)8-11-12(13-2)17-15-14-11/h9-10,13H,4-8H2,1-3H3. The van der Waals surface area contributed by atoms with E-state index in [-0.39, 0.29) is 0 Å². The summed E-state index contributed by atoms with van der Waals surface area (Å²) in [6.07, 6.45) is 5.41. The zero-order valence-electron chi connectivity index (χ0n) is 10.9. The molecule has 0 radical (unpaired) electrons. The van der Waals surface area contributed by atoms with Crippen LogP contribution in [0.25, 0.3) is 0 Å². The molecule has 96 valence electrons. The quantitative estimate of drug-likeness (QED) is 0.896. The SMILES string of the molecule is CNc1snnc1CN(C)C1CCCC(C)C1. The molecule has 5 heteroatoms. The van der Waals surface area contributed by atoms with Crippen LogP contribution in [0.2, 0.25) is 0 Å². The fraction of sp³-hybridized carbons (Fsp3) is 0.833. The summed E-state index contributed by atoms with van der Waals surface area (Å²) in [5.74, 6) is 0.869. The fourth-order valence-electron chi connectivity index (χ4n) is 2.67. The minimum atomic E-state index is 0.713. The van der Waals surface area contributed by atoms with Gasteiger partial charge in [0.05, 0.1) is 0 Å². The van der Waals surface area contributed by atoms with Crippen LogP contribution in [0, 0.1) is 5.92 Å². The molecule has 1 heterocycles. The minimum absolute atomic E-state index is 0.713. The first kappa shape index (κ1) is 12.8. The van der Waals surface area contributed by atoms with Gasteiger partial charge in [-0.15, -0.1) is 5.10 Å². The van der Waals surface area contributed by atoms with E-state index in [9.17, 15) is 0 Å². The van der Waals surface area contributed by atoms with Gasteiger partial charge in [0.15, 0.2) is 0 Å². The van der Waals surface area contributed by atoms with Crippen molar-refractivity contribution in [3.05, 3.63) is 5.69 Å². The predicted molar refractivity (Wildman–Crippen MR) is 72.3 cm³/mol. The third-order valence-corrected chi connectivity index (χ3v) is 4.50. The Balaban J connectivity index is 1.94. The van der Waals surface area contributed by atoms with Gasteiger partial charge in [-0.1, -0.05) is 24.3 Å². The van der Waals surface area contributed by atoms with Gasteiger partial charge in [-0.25, -0.2) is 0 Å². The maximum atomic E-state index is 4.21. The molecule has 1 aromatic heterocycles. The van der Waals surface area contributed by atoms with Crippen LogP contribution in [-0.4, -0.2) is 34.6 Å². The summed E-state index contributed by atoms with van der Waals surface area (Å²) in [6.45, 7) is 3.27. The molecule has 0 spiro atoms. The molecule has 4 nitrogen and oxygen atoms in total. The van der Waals surface area contributed by atoms with Crippen molar-refractivity contribution < 1.29 is 0 Å². The topological polar surface area (TPSA) is 41.1 Å². The van der Waals surface area contributed by atoms with Crippen LogP contribution in [0.1, 0.15) is 38.3 Å². The number of rotatable bonds is 4. The second kappa shape index (κ2) is 5.78. The lowest BCUT2D eigenvalue weighted by atomic mass is 9.86. The van der Waals surface area contributed by atoms with Crippen molar-refractivity contribution in [3.63, 3.8) is 0 Å². The molecule has 0 aromatic carbocycles. The number of hydrogen-bond donors (Lipinski definition) is 1. The molecule has 2 rings (SSSR count). The van der Waals surface area contributed by atoms with Crippen molar-refractivity contribution in [2.24, 2.45) is 5.92 Å². The normalized spacial score (nSPS) is 25.2. The van der Waals surface area contributed by atoms with Crippen molar-refractivity contribution >= 4 is 16.5 Å². The first-order valence-corrected chi connectivity index (χ1v) is 7.17. The van der Waals surface area contributed by atoms with Crippen LogP contribution >= 0.6 is 11.5 Å². The van der Waals surface area contributed by atoms with Crippen molar-refractivity contribution in [3.8, 4) is 0 Å². The van der Waals surface area contributed by atoms with E-state index in [1.165, 1.54) is 37.2 Å². The van der Waals surface area contributed by atoms with E-state index < -0.39 is 0 Å². The molecule has 0 aliphatic heterocycles. The smallest absolute Gasteiger partial charge is 0.134 e. The molecule has 1 aliphatic carbocycles. The second-order valence-electron chi connectivity index (χ2n) is 5.14. The van der Waals surface area contributed by atoms with E-state index in [4.69, 9.17) is 0 Å². The largest absolute Gasteiger partial charge is 0.377 e. The minimum Gasteiger partial charge on any atom is -0.377 e. The van der Waals surface area contributed by atoms with E-state index >= 15 is 0 Å². The van der Waals surface area contributed by atoms with Crippen LogP contribution in [0.15, 0.2) is 0 Å². The Morgan fingerprint density at radius 1 is 1.47 bits per heavy atom. The first-order chi connectivity index (χ1) is 8.20. The molecule has 0 bridgehead atoms. The van der Waals surface area contributed by atoms with Gasteiger partial charge in [0.25, 0.3) is 0 Å². The van der Waals surface area contributed by atoms with Crippen molar-refractivity contribution in [2.45, 2.75) is 45.2 Å². The summed E-state index contributed by atoms with van der Waals surface area (Å²) in [4.78, 5) is 2.44. The highest BCUT2D eigenvalue weighted by Crippen LogP contribution is 2.28. The first-order valence-electron chi connectivity index (χ1n) is 6.40. The maximum absolute atomic E-state index is 4.21. The molecule has 1 fully saturated rings. The average molecular weight is 254 g/mol. The Morgan fingerprint density at radius 2 is 2.29 bits per heavy atom. The second-order valence-corrected chi connectivity index (χ2v) is 5.89. The van der Waals surface area contributed by atoms with Crippen LogP contribution in [-0.2, 0) is 6.54 Å². The monoisotopic (exact) mass is 254 g/mol. The Morgan fingerprint density at radius 3 is 3.00 bits per heavy atom. The van der Waals surface area contributed by atoms with E-state index in [0.29, 0.717) is 6.04 Å². The van der Waals surface area contributed by atoms with Gasteiger partial charge >= 0.3 is 0 Å². The molecule has 2 atom stereocenters. The molecule has 2 unspecified atom stereocenters. The van der Waals surface area contributed by atoms with Gasteiger partial charge in [0.1, 0.15) is 10.7 Å². The summed E-state index contributed by atoms with van der Waals surface area (Å²) in [7, 11) is 4.14. The lowest BCUT2D eigenvalue weighted by Gasteiger charge is -2.33. The molecule has 17 heavy (non-hydrogen) atoms. The zero-order valence-corrected chi connectivity index (χ0v) is 11.8. The molecular formula is C12H22N4S. The summed E-state index contributed by atoms with van der Waals surface area (Å²) in [5.41, 5.74) is 1.08. The van der Waals surface area contributed by atoms with Crippen LogP contribution < -0.4 is 5.32 Å². The number of anilines is 1. The van der Waals surface area contributed by atoms with Crippen LogP contribution in [0.3, 0.4) is 0 Å². The molecule has 1 aromatic rings. The summed E-state index contributed by atoms with van der Waals surface area (Å²) >= 11 is 1.44. The third kappa shape index (κ3) is 3.16. The highest BCUT2D eigenvalue weighted by molar-refractivity contribution is 7.10. The highest BCUT2D eigenvalue weighted by atomic mass is 32.1. The van der Waals surface area contributed by atoms with Gasteiger partial charge in [-0.2, -0.15) is 0 Å². The maximum Gasteiger partial charge on any atom is 0.134 e. The van der Waals surface area contributed by atoms with Gasteiger partial charge in [0.2, 0.25) is 0 Å². The molecule has 1 aliphatic rings. The predicted octanol–water partition coefficient (Wildman–Crippen LogP) is 2.59. The number of nitrogens with zero attached hydrogens (tertiary/aromatic N) is 3. The number of hydrogen-bond acceptors (Lipinski definition) is 5. The Bertz CT molecular complexity index is 352. The van der Waals surface area contributed by atoms with Crippen LogP contribution in [0.4, 0.5) is 5.00 Å². The van der Waals surface area contributed by atoms with Gasteiger partial charge < -0.3 is 5.32 Å². The van der Waals surface area contributed by atoms with E-state index in [1.54, 1.807) is 0 Å². The van der Waals surface area contributed by atoms with Crippen molar-refractivity contribution in [1.82, 2.24) is 14.5 Å². The zero-order chi connectivity index (χ0) is 12.3. The highest BCUT2D eigenvalue weighted by Gasteiger charge is 2.23. The van der Waals surface area contributed by atoms with Gasteiger partial charge in [-0.05, 0) is 25.8 Å². The number of nitrogens with one attached hydrogen (secondary N) is 1. The third-order valence-electron chi connectivity index (χ3n) is 3.71. The molecule has 1 N–H and O–H groups in total. The lowest BCUT2D eigenvalue weighted by Crippen LogP contribution is -2.35. The van der Waals surface area contributed by atoms with E-state index in [2.05, 4.69) is 33.8 Å². The molecule has 0 amide bonds. The lowest BCUT2D eigenvalue weighted by molar-refractivity contribution is 0.156. The van der Waals surface area contributed by atoms with Gasteiger partial charge in [-0.3, -0.25) is 4.90 Å². The summed E-state index contributed by atoms with van der Waals surface area (Å²) in [6, 6.07) is 0.713. The Kier molecular flexibility index (Phi) is 4.34. The Hall–Kier alpha value is -0.680. The molecule has 0 saturated heterocycles. The summed E-state index contributed by atoms with van der Waals surface area (Å²) < 4.78 is 4.01. The van der Waals surface area contributed by atoms with E-state index in [1.807, 2.05) is 7.05 Å². The average Bonchev–Trinajstić information content (AvgIpc) is 2.76. The van der Waals surface area contributed by atoms with E-state index in [0.717, 1.165) is 23.2 Å². The molecular weight excluding hydrogens is 232 g/mol.